The maximum atomic E-state index is 11.4. The monoisotopic (exact) mass is 206 g/mol. The van der Waals surface area contributed by atoms with Crippen LogP contribution in [0, 0.1) is 0 Å². The fourth-order valence-electron chi connectivity index (χ4n) is 0.829. The first-order chi connectivity index (χ1) is 6.04. The quantitative estimate of drug-likeness (QED) is 0.473. The van der Waals surface area contributed by atoms with Crippen molar-refractivity contribution in [3.63, 3.8) is 0 Å². The van der Waals surface area contributed by atoms with Gasteiger partial charge in [-0.05, 0) is 6.54 Å². The van der Waals surface area contributed by atoms with Crippen molar-refractivity contribution in [2.75, 3.05) is 32.4 Å². The third-order valence-corrected chi connectivity index (χ3v) is 3.47. The third-order valence-electron chi connectivity index (χ3n) is 1.65. The number of hydrogen-bond acceptors (Lipinski definition) is 3. The molecule has 0 spiro atoms. The molecule has 0 saturated carbocycles. The number of hydrogen-bond donors (Lipinski definition) is 1. The Kier molecular flexibility index (Phi) is 5.94. The van der Waals surface area contributed by atoms with Crippen molar-refractivity contribution in [3.8, 4) is 0 Å². The van der Waals surface area contributed by atoms with Crippen LogP contribution in [0.25, 0.3) is 0 Å². The Hall–Kier alpha value is -0.390. The zero-order chi connectivity index (χ0) is 10.3. The molecule has 0 aromatic carbocycles. The molecule has 0 aromatic rings. The van der Waals surface area contributed by atoms with Gasteiger partial charge in [0.05, 0.1) is 5.75 Å². The van der Waals surface area contributed by atoms with E-state index in [1.807, 2.05) is 6.92 Å². The van der Waals surface area contributed by atoms with Crippen LogP contribution in [-0.2, 0) is 10.0 Å². The molecule has 78 valence electrons. The van der Waals surface area contributed by atoms with Crippen molar-refractivity contribution in [1.82, 2.24) is 9.62 Å². The number of nitrogens with one attached hydrogen (secondary N) is 1. The Morgan fingerprint density at radius 1 is 1.54 bits per heavy atom. The zero-order valence-corrected chi connectivity index (χ0v) is 9.10. The number of rotatable bonds is 7. The number of nitrogens with zero attached hydrogens (tertiary/aromatic N) is 1. The Bertz CT molecular complexity index is 237. The topological polar surface area (TPSA) is 49.4 Å². The van der Waals surface area contributed by atoms with Gasteiger partial charge in [-0.15, -0.1) is 6.58 Å². The van der Waals surface area contributed by atoms with Gasteiger partial charge < -0.3 is 5.32 Å². The van der Waals surface area contributed by atoms with Crippen LogP contribution in [0.15, 0.2) is 12.7 Å². The Balaban J connectivity index is 3.99. The molecular formula is C8H18N2O2S. The molecule has 0 rings (SSSR count). The van der Waals surface area contributed by atoms with Crippen LogP contribution in [0.2, 0.25) is 0 Å². The fourth-order valence-corrected chi connectivity index (χ4v) is 1.88. The van der Waals surface area contributed by atoms with E-state index in [2.05, 4.69) is 11.9 Å². The molecule has 1 N–H and O–H groups in total. The van der Waals surface area contributed by atoms with Crippen molar-refractivity contribution in [3.05, 3.63) is 12.7 Å². The second-order valence-corrected chi connectivity index (χ2v) is 4.93. The molecule has 0 amide bonds. The number of sulfonamides is 1. The molecule has 0 radical (unpaired) electrons. The summed E-state index contributed by atoms with van der Waals surface area (Å²) >= 11 is 0. The lowest BCUT2D eigenvalue weighted by molar-refractivity contribution is 0.497. The van der Waals surface area contributed by atoms with Crippen LogP contribution in [0.3, 0.4) is 0 Å². The van der Waals surface area contributed by atoms with Crippen molar-refractivity contribution >= 4 is 10.0 Å². The molecule has 5 heteroatoms. The molecule has 0 aliphatic rings. The minimum atomic E-state index is -3.10. The Labute approximate surface area is 80.7 Å². The lowest BCUT2D eigenvalue weighted by atomic mass is 10.6. The Morgan fingerprint density at radius 2 is 2.15 bits per heavy atom. The summed E-state index contributed by atoms with van der Waals surface area (Å²) in [6.07, 6.45) is 1.57. The third kappa shape index (κ3) is 5.02. The first-order valence-electron chi connectivity index (χ1n) is 4.30. The highest BCUT2D eigenvalue weighted by molar-refractivity contribution is 7.89. The van der Waals surface area contributed by atoms with Crippen LogP contribution < -0.4 is 5.32 Å². The van der Waals surface area contributed by atoms with Gasteiger partial charge in [0, 0.05) is 20.1 Å². The maximum absolute atomic E-state index is 11.4. The molecule has 0 atom stereocenters. The van der Waals surface area contributed by atoms with E-state index in [-0.39, 0.29) is 5.75 Å². The smallest absolute Gasteiger partial charge is 0.215 e. The van der Waals surface area contributed by atoms with Gasteiger partial charge in [-0.2, -0.15) is 0 Å². The summed E-state index contributed by atoms with van der Waals surface area (Å²) in [5.41, 5.74) is 0. The molecular weight excluding hydrogens is 188 g/mol. The molecule has 0 fully saturated rings. The van der Waals surface area contributed by atoms with Crippen molar-refractivity contribution in [1.29, 1.82) is 0 Å². The molecule has 0 unspecified atom stereocenters. The fraction of sp³-hybridized carbons (Fsp3) is 0.750. The Morgan fingerprint density at radius 3 is 2.62 bits per heavy atom. The van der Waals surface area contributed by atoms with Crippen molar-refractivity contribution in [2.45, 2.75) is 6.92 Å². The molecule has 0 aromatic heterocycles. The summed E-state index contributed by atoms with van der Waals surface area (Å²) in [6.45, 7) is 7.10. The summed E-state index contributed by atoms with van der Waals surface area (Å²) in [5.74, 6) is 0.144. The van der Waals surface area contributed by atoms with Crippen molar-refractivity contribution in [2.24, 2.45) is 0 Å². The largest absolute Gasteiger partial charge is 0.316 e. The SMILES string of the molecule is C=CCN(C)S(=O)(=O)CCNCC. The van der Waals surface area contributed by atoms with E-state index in [1.165, 1.54) is 4.31 Å². The van der Waals surface area contributed by atoms with Crippen molar-refractivity contribution < 1.29 is 8.42 Å². The standard InChI is InChI=1S/C8H18N2O2S/c1-4-7-10(3)13(11,12)8-6-9-5-2/h4,9H,1,5-8H2,2-3H3. The van der Waals surface area contributed by atoms with Gasteiger partial charge >= 0.3 is 0 Å². The average Bonchev–Trinajstić information content (AvgIpc) is 2.05. The molecule has 0 aliphatic heterocycles. The molecule has 13 heavy (non-hydrogen) atoms. The minimum Gasteiger partial charge on any atom is -0.316 e. The molecule has 4 nitrogen and oxygen atoms in total. The van der Waals surface area contributed by atoms with Gasteiger partial charge in [0.2, 0.25) is 10.0 Å². The maximum Gasteiger partial charge on any atom is 0.215 e. The van der Waals surface area contributed by atoms with E-state index < -0.39 is 10.0 Å². The minimum absolute atomic E-state index is 0.144. The van der Waals surface area contributed by atoms with Gasteiger partial charge in [-0.3, -0.25) is 0 Å². The number of likely N-dealkylation sites (N-methyl/N-ethyl adjacent to an activating group) is 1. The highest BCUT2D eigenvalue weighted by atomic mass is 32.2. The first-order valence-corrected chi connectivity index (χ1v) is 5.91. The van der Waals surface area contributed by atoms with E-state index in [0.717, 1.165) is 6.54 Å². The molecule has 0 saturated heterocycles. The summed E-state index contributed by atoms with van der Waals surface area (Å²) < 4.78 is 24.2. The van der Waals surface area contributed by atoms with Gasteiger partial charge in [-0.25, -0.2) is 12.7 Å². The molecule has 0 bridgehead atoms. The predicted octanol–water partition coefficient (Wildman–Crippen LogP) is 0.0435. The van der Waals surface area contributed by atoms with Crippen LogP contribution in [0.5, 0.6) is 0 Å². The average molecular weight is 206 g/mol. The normalized spacial score (nSPS) is 11.9. The van der Waals surface area contributed by atoms with Crippen LogP contribution >= 0.6 is 0 Å². The summed E-state index contributed by atoms with van der Waals surface area (Å²) in [4.78, 5) is 0. The summed E-state index contributed by atoms with van der Waals surface area (Å²) in [6, 6.07) is 0. The predicted molar refractivity (Wildman–Crippen MR) is 55.2 cm³/mol. The van der Waals surface area contributed by atoms with E-state index in [1.54, 1.807) is 13.1 Å². The summed E-state index contributed by atoms with van der Waals surface area (Å²) in [5, 5.41) is 2.97. The molecule has 0 heterocycles. The van der Waals surface area contributed by atoms with Gasteiger partial charge in [0.15, 0.2) is 0 Å². The first kappa shape index (κ1) is 12.6. The van der Waals surface area contributed by atoms with E-state index >= 15 is 0 Å². The summed E-state index contributed by atoms with van der Waals surface area (Å²) in [7, 11) is -1.54. The van der Waals surface area contributed by atoms with Gasteiger partial charge in [0.25, 0.3) is 0 Å². The van der Waals surface area contributed by atoms with Gasteiger partial charge in [-0.1, -0.05) is 13.0 Å². The van der Waals surface area contributed by atoms with Crippen LogP contribution in [0.1, 0.15) is 6.92 Å². The van der Waals surface area contributed by atoms with Crippen LogP contribution in [0.4, 0.5) is 0 Å². The lowest BCUT2D eigenvalue weighted by Crippen LogP contribution is -2.33. The van der Waals surface area contributed by atoms with Crippen LogP contribution in [-0.4, -0.2) is 45.2 Å². The van der Waals surface area contributed by atoms with E-state index in [0.29, 0.717) is 13.1 Å². The zero-order valence-electron chi connectivity index (χ0n) is 8.28. The lowest BCUT2D eigenvalue weighted by Gasteiger charge is -2.14. The highest BCUT2D eigenvalue weighted by Gasteiger charge is 2.14. The molecule has 0 aliphatic carbocycles. The van der Waals surface area contributed by atoms with E-state index in [4.69, 9.17) is 0 Å². The van der Waals surface area contributed by atoms with Gasteiger partial charge in [0.1, 0.15) is 0 Å². The van der Waals surface area contributed by atoms with E-state index in [9.17, 15) is 8.42 Å². The highest BCUT2D eigenvalue weighted by Crippen LogP contribution is 1.96. The second kappa shape index (κ2) is 6.12. The second-order valence-electron chi connectivity index (χ2n) is 2.74.